The van der Waals surface area contributed by atoms with Gasteiger partial charge in [0.15, 0.2) is 11.5 Å². The fraction of sp³-hybridized carbons (Fsp3) is 0.240. The maximum atomic E-state index is 13.9. The number of nitrogens with zero attached hydrogens (tertiary/aromatic N) is 5. The molecule has 1 aromatic heterocycles. The molecule has 37 heavy (non-hydrogen) atoms. The number of benzene rings is 3. The molecule has 0 aliphatic carbocycles. The van der Waals surface area contributed by atoms with Gasteiger partial charge >= 0.3 is 0 Å². The Labute approximate surface area is 220 Å². The van der Waals surface area contributed by atoms with Crippen molar-refractivity contribution in [3.8, 4) is 22.9 Å². The summed E-state index contributed by atoms with van der Waals surface area (Å²) < 4.78 is 46.7. The van der Waals surface area contributed by atoms with Crippen LogP contribution in [-0.4, -0.2) is 60.8 Å². The van der Waals surface area contributed by atoms with Gasteiger partial charge in [-0.2, -0.15) is 8.99 Å². The Kier molecular flexibility index (Phi) is 8.27. The van der Waals surface area contributed by atoms with E-state index in [1.807, 2.05) is 24.3 Å². The van der Waals surface area contributed by atoms with E-state index in [4.69, 9.17) is 25.8 Å². The third-order valence-corrected chi connectivity index (χ3v) is 7.85. The van der Waals surface area contributed by atoms with Crippen molar-refractivity contribution < 1.29 is 22.6 Å². The Morgan fingerprint density at radius 2 is 1.57 bits per heavy atom. The minimum absolute atomic E-state index is 0.0856. The van der Waals surface area contributed by atoms with E-state index in [-0.39, 0.29) is 18.0 Å². The first-order valence-electron chi connectivity index (χ1n) is 11.2. The monoisotopic (exact) mass is 543 g/mol. The fourth-order valence-corrected chi connectivity index (χ4v) is 5.37. The lowest BCUT2D eigenvalue weighted by Crippen LogP contribution is -2.32. The minimum Gasteiger partial charge on any atom is -0.494 e. The first kappa shape index (κ1) is 26.4. The van der Waals surface area contributed by atoms with E-state index in [1.165, 1.54) is 34.6 Å². The topological polar surface area (TPSA) is 109 Å². The number of sulfonamides is 1. The van der Waals surface area contributed by atoms with Gasteiger partial charge in [-0.3, -0.25) is 0 Å². The van der Waals surface area contributed by atoms with Crippen molar-refractivity contribution in [1.29, 1.82) is 0 Å². The van der Waals surface area contributed by atoms with Crippen molar-refractivity contribution >= 4 is 21.6 Å². The van der Waals surface area contributed by atoms with Gasteiger partial charge in [-0.15, -0.1) is 5.10 Å². The molecule has 10 nitrogen and oxygen atoms in total. The van der Waals surface area contributed by atoms with Crippen molar-refractivity contribution in [2.45, 2.75) is 17.9 Å². The first-order chi connectivity index (χ1) is 17.8. The number of hydrogen-bond acceptors (Lipinski definition) is 8. The Balaban J connectivity index is 1.66. The van der Waals surface area contributed by atoms with Gasteiger partial charge in [-0.25, -0.2) is 8.42 Å². The van der Waals surface area contributed by atoms with Crippen LogP contribution >= 0.6 is 11.6 Å². The number of aromatic nitrogens is 4. The molecule has 0 aliphatic heterocycles. The number of tetrazole rings is 1. The molecule has 0 bridgehead atoms. The molecule has 12 heteroatoms. The summed E-state index contributed by atoms with van der Waals surface area (Å²) in [4.78, 5) is 0.0856. The first-order valence-corrected chi connectivity index (χ1v) is 13.0. The van der Waals surface area contributed by atoms with Crippen molar-refractivity contribution in [2.75, 3.05) is 27.9 Å². The third kappa shape index (κ3) is 6.01. The summed E-state index contributed by atoms with van der Waals surface area (Å²) in [6.45, 7) is 0.376. The average Bonchev–Trinajstić information content (AvgIpc) is 3.46. The molecule has 1 heterocycles. The molecule has 0 saturated heterocycles. The molecular formula is C25H26ClN5O5S. The zero-order valence-corrected chi connectivity index (χ0v) is 22.1. The predicted molar refractivity (Wildman–Crippen MR) is 138 cm³/mol. The van der Waals surface area contributed by atoms with Crippen LogP contribution in [-0.2, 0) is 23.0 Å². The molecule has 0 saturated carbocycles. The summed E-state index contributed by atoms with van der Waals surface area (Å²) in [7, 11) is 0.665. The molecule has 0 amide bonds. The third-order valence-electron chi connectivity index (χ3n) is 5.75. The van der Waals surface area contributed by atoms with Crippen LogP contribution in [0.15, 0.2) is 71.9 Å². The molecular weight excluding hydrogens is 518 g/mol. The van der Waals surface area contributed by atoms with Crippen LogP contribution in [0.5, 0.6) is 17.2 Å². The van der Waals surface area contributed by atoms with Gasteiger partial charge in [-0.1, -0.05) is 29.8 Å². The van der Waals surface area contributed by atoms with Gasteiger partial charge < -0.3 is 14.2 Å². The lowest BCUT2D eigenvalue weighted by molar-refractivity contribution is 0.354. The zero-order valence-electron chi connectivity index (χ0n) is 20.5. The highest BCUT2D eigenvalue weighted by Crippen LogP contribution is 2.30. The number of hydrogen-bond donors (Lipinski definition) is 0. The molecule has 4 rings (SSSR count). The predicted octanol–water partition coefficient (Wildman–Crippen LogP) is 3.78. The average molecular weight is 544 g/mol. The van der Waals surface area contributed by atoms with Crippen LogP contribution in [0.2, 0.25) is 5.02 Å². The highest BCUT2D eigenvalue weighted by Gasteiger charge is 2.26. The second-order valence-electron chi connectivity index (χ2n) is 7.99. The van der Waals surface area contributed by atoms with Crippen LogP contribution < -0.4 is 14.2 Å². The van der Waals surface area contributed by atoms with Gasteiger partial charge in [0.2, 0.25) is 10.0 Å². The summed E-state index contributed by atoms with van der Waals surface area (Å²) >= 11 is 6.04. The van der Waals surface area contributed by atoms with Crippen LogP contribution in [0.25, 0.3) is 5.69 Å². The molecule has 0 unspecified atom stereocenters. The number of halogens is 1. The lowest BCUT2D eigenvalue weighted by Gasteiger charge is -2.23. The highest BCUT2D eigenvalue weighted by atomic mass is 35.5. The highest BCUT2D eigenvalue weighted by molar-refractivity contribution is 7.89. The van der Waals surface area contributed by atoms with E-state index >= 15 is 0 Å². The molecule has 0 spiro atoms. The van der Waals surface area contributed by atoms with Crippen LogP contribution in [0.4, 0.5) is 0 Å². The van der Waals surface area contributed by atoms with Gasteiger partial charge in [0.05, 0.1) is 26.2 Å². The maximum Gasteiger partial charge on any atom is 0.243 e. The van der Waals surface area contributed by atoms with Crippen molar-refractivity contribution in [2.24, 2.45) is 0 Å². The second-order valence-corrected chi connectivity index (χ2v) is 10.4. The number of ether oxygens (including phenoxy) is 3. The van der Waals surface area contributed by atoms with Gasteiger partial charge in [0, 0.05) is 24.2 Å². The van der Waals surface area contributed by atoms with Gasteiger partial charge in [0.25, 0.3) is 0 Å². The minimum atomic E-state index is -3.92. The standard InChI is InChI=1S/C25H26ClN5O5S/c1-34-23-11-6-18(14-25(23)36-3)12-13-30(16-19-4-7-20(26)8-5-19)37(32,33)21-9-10-22(24(15-21)35-2)31-17-27-28-29-31/h4-11,14-15,17H,12-13,16H2,1-3H3. The van der Waals surface area contributed by atoms with Crippen molar-refractivity contribution in [1.82, 2.24) is 24.5 Å². The van der Waals surface area contributed by atoms with E-state index < -0.39 is 10.0 Å². The van der Waals surface area contributed by atoms with E-state index in [0.717, 1.165) is 11.1 Å². The summed E-state index contributed by atoms with van der Waals surface area (Å²) in [5, 5.41) is 11.7. The van der Waals surface area contributed by atoms with Crippen molar-refractivity contribution in [3.63, 3.8) is 0 Å². The van der Waals surface area contributed by atoms with Crippen LogP contribution in [0, 0.1) is 0 Å². The van der Waals surface area contributed by atoms with Gasteiger partial charge in [0.1, 0.15) is 17.8 Å². The molecule has 194 valence electrons. The summed E-state index contributed by atoms with van der Waals surface area (Å²) in [5.74, 6) is 1.50. The normalized spacial score (nSPS) is 11.5. The summed E-state index contributed by atoms with van der Waals surface area (Å²) in [5.41, 5.74) is 2.22. The smallest absolute Gasteiger partial charge is 0.243 e. The number of rotatable bonds is 11. The zero-order chi connectivity index (χ0) is 26.4. The molecule has 0 radical (unpaired) electrons. The fourth-order valence-electron chi connectivity index (χ4n) is 3.80. The Bertz CT molecular complexity index is 1450. The van der Waals surface area contributed by atoms with Crippen LogP contribution in [0.1, 0.15) is 11.1 Å². The van der Waals surface area contributed by atoms with E-state index in [0.29, 0.717) is 34.4 Å². The van der Waals surface area contributed by atoms with E-state index in [2.05, 4.69) is 15.5 Å². The Morgan fingerprint density at radius 1 is 0.865 bits per heavy atom. The molecule has 0 atom stereocenters. The Morgan fingerprint density at radius 3 is 2.22 bits per heavy atom. The maximum absolute atomic E-state index is 13.9. The molecule has 0 aliphatic rings. The Hall–Kier alpha value is -3.67. The largest absolute Gasteiger partial charge is 0.494 e. The molecule has 0 fully saturated rings. The molecule has 4 aromatic rings. The van der Waals surface area contributed by atoms with E-state index in [1.54, 1.807) is 38.5 Å². The quantitative estimate of drug-likeness (QED) is 0.281. The number of methoxy groups -OCH3 is 3. The lowest BCUT2D eigenvalue weighted by atomic mass is 10.1. The SMILES string of the molecule is COc1ccc(CCN(Cc2ccc(Cl)cc2)S(=O)(=O)c2ccc(-n3cnnn3)c(OC)c2)cc1OC. The summed E-state index contributed by atoms with van der Waals surface area (Å²) in [6.07, 6.45) is 1.86. The summed E-state index contributed by atoms with van der Waals surface area (Å²) in [6, 6.07) is 17.2. The molecule has 3 aromatic carbocycles. The van der Waals surface area contributed by atoms with E-state index in [9.17, 15) is 8.42 Å². The molecule has 0 N–H and O–H groups in total. The second kappa shape index (κ2) is 11.6. The van der Waals surface area contributed by atoms with Crippen molar-refractivity contribution in [3.05, 3.63) is 83.1 Å². The van der Waals surface area contributed by atoms with Gasteiger partial charge in [-0.05, 0) is 64.4 Å². The van der Waals surface area contributed by atoms with Crippen LogP contribution in [0.3, 0.4) is 0 Å².